The van der Waals surface area contributed by atoms with E-state index in [-0.39, 0.29) is 12.2 Å². The zero-order valence-electron chi connectivity index (χ0n) is 24.4. The van der Waals surface area contributed by atoms with Crippen LogP contribution in [0.25, 0.3) is 0 Å². The van der Waals surface area contributed by atoms with Gasteiger partial charge in [0.1, 0.15) is 12.4 Å². The Bertz CT molecular complexity index is 1050. The van der Waals surface area contributed by atoms with E-state index in [0.717, 1.165) is 75.3 Å². The Morgan fingerprint density at radius 2 is 1.95 bits per heavy atom. The number of carbonyl (C=O) groups is 1. The first-order chi connectivity index (χ1) is 18.8. The lowest BCUT2D eigenvalue weighted by atomic mass is 9.47. The third kappa shape index (κ3) is 5.04. The molecular weight excluding hydrogens is 486 g/mol. The monoisotopic (exact) mass is 535 g/mol. The Kier molecular flexibility index (Phi) is 7.54. The molecule has 4 aliphatic carbocycles. The highest BCUT2D eigenvalue weighted by atomic mass is 16.5. The van der Waals surface area contributed by atoms with Gasteiger partial charge in [0.2, 0.25) is 11.8 Å². The Labute approximate surface area is 235 Å². The van der Waals surface area contributed by atoms with Gasteiger partial charge in [0.25, 0.3) is 0 Å². The van der Waals surface area contributed by atoms with Crippen molar-refractivity contribution in [2.24, 2.45) is 40.4 Å². The van der Waals surface area contributed by atoms with Crippen LogP contribution in [0.15, 0.2) is 30.2 Å². The summed E-state index contributed by atoms with van der Waals surface area (Å²) in [5.41, 5.74) is 2.29. The van der Waals surface area contributed by atoms with E-state index in [1.165, 1.54) is 38.4 Å². The molecule has 5 aliphatic rings. The van der Waals surface area contributed by atoms with E-state index in [0.29, 0.717) is 35.0 Å². The number of aliphatic hydroxyl groups excluding tert-OH is 1. The van der Waals surface area contributed by atoms with Crippen molar-refractivity contribution in [3.63, 3.8) is 0 Å². The fourth-order valence-electron chi connectivity index (χ4n) is 10.1. The maximum atomic E-state index is 13.2. The molecule has 0 spiro atoms. The minimum atomic E-state index is -0.127. The molecule has 1 aromatic heterocycles. The first-order valence-electron chi connectivity index (χ1n) is 15.9. The van der Waals surface area contributed by atoms with Crippen molar-refractivity contribution < 1.29 is 14.6 Å². The Hall–Kier alpha value is -1.95. The molecule has 1 amide bonds. The molecule has 214 valence electrons. The Balaban J connectivity index is 1.02. The number of ether oxygens (including phenoxy) is 1. The van der Waals surface area contributed by atoms with Gasteiger partial charge in [0.15, 0.2) is 0 Å². The smallest absolute Gasteiger partial charge is 0.222 e. The van der Waals surface area contributed by atoms with Gasteiger partial charge >= 0.3 is 0 Å². The summed E-state index contributed by atoms with van der Waals surface area (Å²) in [5.74, 6) is 4.68. The molecule has 39 heavy (non-hydrogen) atoms. The number of carbonyl (C=O) groups excluding carboxylic acids is 1. The third-order valence-corrected chi connectivity index (χ3v) is 12.3. The van der Waals surface area contributed by atoms with Crippen molar-refractivity contribution in [3.05, 3.63) is 30.2 Å². The number of hydrogen-bond acceptors (Lipinski definition) is 5. The highest BCUT2D eigenvalue weighted by Crippen LogP contribution is 2.67. The molecule has 6 heteroatoms. The lowest BCUT2D eigenvalue weighted by Gasteiger charge is -2.58. The zero-order chi connectivity index (χ0) is 27.2. The van der Waals surface area contributed by atoms with Crippen LogP contribution in [0, 0.1) is 40.4 Å². The number of hydrogen-bond donors (Lipinski definition) is 1. The van der Waals surface area contributed by atoms with Crippen LogP contribution in [-0.4, -0.2) is 51.2 Å². The van der Waals surface area contributed by atoms with Crippen molar-refractivity contribution in [2.75, 3.05) is 13.1 Å². The van der Waals surface area contributed by atoms with Gasteiger partial charge in [0.05, 0.1) is 6.10 Å². The SMILES string of the molecule is CC(CCC(=O)N1CCC(Oc2ccncn2)CC1)[C@H]1CC[C@H]2[C@@H]3CC=C4C[C@@H](O)CC[C@]4(C)[C@H]3CC[C@]12C. The number of aromatic nitrogens is 2. The lowest BCUT2D eigenvalue weighted by Crippen LogP contribution is -2.50. The maximum absolute atomic E-state index is 13.2. The van der Waals surface area contributed by atoms with Crippen molar-refractivity contribution >= 4 is 5.91 Å². The molecule has 4 fully saturated rings. The first-order valence-corrected chi connectivity index (χ1v) is 15.9. The average Bonchev–Trinajstić information content (AvgIpc) is 3.30. The van der Waals surface area contributed by atoms with Gasteiger partial charge < -0.3 is 14.7 Å². The summed E-state index contributed by atoms with van der Waals surface area (Å²) in [5, 5.41) is 10.3. The van der Waals surface area contributed by atoms with Gasteiger partial charge in [-0.15, -0.1) is 0 Å². The second-order valence-electron chi connectivity index (χ2n) is 14.1. The van der Waals surface area contributed by atoms with Crippen LogP contribution < -0.4 is 4.74 Å². The predicted molar refractivity (Wildman–Crippen MR) is 152 cm³/mol. The van der Waals surface area contributed by atoms with Crippen molar-refractivity contribution in [1.29, 1.82) is 0 Å². The summed E-state index contributed by atoms with van der Waals surface area (Å²) in [7, 11) is 0. The van der Waals surface area contributed by atoms with Crippen LogP contribution in [0.4, 0.5) is 0 Å². The summed E-state index contributed by atoms with van der Waals surface area (Å²) in [6, 6.07) is 1.79. The summed E-state index contributed by atoms with van der Waals surface area (Å²) in [6.45, 7) is 9.12. The molecule has 1 aromatic rings. The minimum absolute atomic E-state index is 0.125. The summed E-state index contributed by atoms with van der Waals surface area (Å²) >= 11 is 0. The fraction of sp³-hybridized carbons (Fsp3) is 0.788. The van der Waals surface area contributed by atoms with Gasteiger partial charge in [0, 0.05) is 44.6 Å². The first kappa shape index (κ1) is 27.2. The standard InChI is InChI=1S/C33H49N3O3/c1-22(4-9-31(38)36-18-13-25(14-19-36)39-30-12-17-34-21-35-30)27-7-8-28-26-6-5-23-20-24(37)10-15-32(23,2)29(26)11-16-33(27,28)3/h5,12,17,21-22,24-29,37H,4,6-11,13-16,18-20H2,1-3H3/t22?,24-,26-,27+,28-,29-,32-,33+/m0/s1. The van der Waals surface area contributed by atoms with E-state index < -0.39 is 0 Å². The van der Waals surface area contributed by atoms with E-state index in [4.69, 9.17) is 4.74 Å². The summed E-state index contributed by atoms with van der Waals surface area (Å²) < 4.78 is 5.98. The van der Waals surface area contributed by atoms with Crippen LogP contribution in [0.5, 0.6) is 5.88 Å². The molecule has 0 radical (unpaired) electrons. The van der Waals surface area contributed by atoms with E-state index in [1.54, 1.807) is 17.8 Å². The second kappa shape index (κ2) is 10.8. The predicted octanol–water partition coefficient (Wildman–Crippen LogP) is 6.20. The molecule has 1 unspecified atom stereocenters. The van der Waals surface area contributed by atoms with E-state index in [9.17, 15) is 9.90 Å². The molecule has 2 heterocycles. The average molecular weight is 536 g/mol. The quantitative estimate of drug-likeness (QED) is 0.439. The Morgan fingerprint density at radius 1 is 1.13 bits per heavy atom. The third-order valence-electron chi connectivity index (χ3n) is 12.3. The number of likely N-dealkylation sites (tertiary alicyclic amines) is 1. The normalized spacial score (nSPS) is 39.2. The number of rotatable bonds is 6. The number of allylic oxidation sites excluding steroid dienone is 1. The molecule has 1 saturated heterocycles. The fourth-order valence-corrected chi connectivity index (χ4v) is 10.1. The van der Waals surface area contributed by atoms with E-state index in [1.807, 2.05) is 0 Å². The van der Waals surface area contributed by atoms with Crippen molar-refractivity contribution in [3.8, 4) is 5.88 Å². The van der Waals surface area contributed by atoms with Crippen molar-refractivity contribution in [1.82, 2.24) is 14.9 Å². The van der Waals surface area contributed by atoms with E-state index in [2.05, 4.69) is 41.7 Å². The molecule has 1 N–H and O–H groups in total. The van der Waals surface area contributed by atoms with Gasteiger partial charge in [-0.2, -0.15) is 0 Å². The zero-order valence-corrected chi connectivity index (χ0v) is 24.4. The molecule has 0 aromatic carbocycles. The lowest BCUT2D eigenvalue weighted by molar-refractivity contribution is -0.133. The number of amides is 1. The highest BCUT2D eigenvalue weighted by Gasteiger charge is 2.59. The maximum Gasteiger partial charge on any atom is 0.222 e. The van der Waals surface area contributed by atoms with Crippen molar-refractivity contribution in [2.45, 2.75) is 110 Å². The molecule has 3 saturated carbocycles. The molecular formula is C33H49N3O3. The van der Waals surface area contributed by atoms with Crippen LogP contribution in [-0.2, 0) is 4.79 Å². The van der Waals surface area contributed by atoms with E-state index >= 15 is 0 Å². The van der Waals surface area contributed by atoms with Gasteiger partial charge in [-0.3, -0.25) is 4.79 Å². The molecule has 0 bridgehead atoms. The van der Waals surface area contributed by atoms with Crippen LogP contribution in [0.2, 0.25) is 0 Å². The van der Waals surface area contributed by atoms with Crippen LogP contribution in [0.3, 0.4) is 0 Å². The number of piperidine rings is 1. The number of nitrogens with zero attached hydrogens (tertiary/aromatic N) is 3. The molecule has 8 atom stereocenters. The minimum Gasteiger partial charge on any atom is -0.474 e. The number of aliphatic hydroxyl groups is 1. The van der Waals surface area contributed by atoms with Crippen LogP contribution in [0.1, 0.15) is 97.8 Å². The largest absolute Gasteiger partial charge is 0.474 e. The highest BCUT2D eigenvalue weighted by molar-refractivity contribution is 5.76. The second-order valence-corrected chi connectivity index (χ2v) is 14.1. The summed E-state index contributed by atoms with van der Waals surface area (Å²) in [6.07, 6.45) is 18.8. The molecule has 6 rings (SSSR count). The van der Waals surface area contributed by atoms with Gasteiger partial charge in [-0.1, -0.05) is 32.4 Å². The molecule has 1 aliphatic heterocycles. The van der Waals surface area contributed by atoms with Gasteiger partial charge in [-0.05, 0) is 98.2 Å². The number of fused-ring (bicyclic) bond motifs is 5. The Morgan fingerprint density at radius 3 is 2.72 bits per heavy atom. The molecule has 6 nitrogen and oxygen atoms in total. The summed E-state index contributed by atoms with van der Waals surface area (Å²) in [4.78, 5) is 23.3. The van der Waals surface area contributed by atoms with Crippen LogP contribution >= 0.6 is 0 Å². The topological polar surface area (TPSA) is 75.6 Å². The van der Waals surface area contributed by atoms with Gasteiger partial charge in [-0.25, -0.2) is 9.97 Å².